The molecule has 0 saturated heterocycles. The Morgan fingerprint density at radius 2 is 2.00 bits per heavy atom. The minimum Gasteiger partial charge on any atom is -0.383 e. The molecule has 0 bridgehead atoms. The van der Waals surface area contributed by atoms with Gasteiger partial charge in [0.15, 0.2) is 0 Å². The van der Waals surface area contributed by atoms with E-state index < -0.39 is 10.0 Å². The van der Waals surface area contributed by atoms with Gasteiger partial charge >= 0.3 is 0 Å². The summed E-state index contributed by atoms with van der Waals surface area (Å²) in [6.45, 7) is 8.06. The molecule has 0 rings (SSSR count). The van der Waals surface area contributed by atoms with E-state index in [-0.39, 0.29) is 5.75 Å². The normalized spacial score (nSPS) is 12.6. The number of methoxy groups -OCH3 is 1. The predicted molar refractivity (Wildman–Crippen MR) is 70.7 cm³/mol. The maximum Gasteiger partial charge on any atom is 0.214 e. The highest BCUT2D eigenvalue weighted by molar-refractivity contribution is 7.89. The average Bonchev–Trinajstić information content (AvgIpc) is 2.25. The highest BCUT2D eigenvalue weighted by Gasteiger charge is 2.19. The van der Waals surface area contributed by atoms with E-state index in [0.717, 1.165) is 6.54 Å². The topological polar surface area (TPSA) is 58.6 Å². The van der Waals surface area contributed by atoms with Crippen molar-refractivity contribution in [3.63, 3.8) is 0 Å². The minimum absolute atomic E-state index is 0.199. The summed E-state index contributed by atoms with van der Waals surface area (Å²) in [5.41, 5.74) is 0. The molecule has 0 radical (unpaired) electrons. The molecule has 17 heavy (non-hydrogen) atoms. The number of likely N-dealkylation sites (N-methyl/N-ethyl adjacent to an activating group) is 1. The van der Waals surface area contributed by atoms with Crippen LogP contribution in [0.4, 0.5) is 0 Å². The molecule has 5 nitrogen and oxygen atoms in total. The van der Waals surface area contributed by atoms with Gasteiger partial charge in [0.25, 0.3) is 0 Å². The molecule has 0 aromatic heterocycles. The van der Waals surface area contributed by atoms with Gasteiger partial charge in [-0.25, -0.2) is 8.42 Å². The number of hydrogen-bond acceptors (Lipinski definition) is 4. The number of nitrogens with zero attached hydrogens (tertiary/aromatic N) is 1. The lowest BCUT2D eigenvalue weighted by atomic mass is 10.4. The van der Waals surface area contributed by atoms with Crippen molar-refractivity contribution in [2.75, 3.05) is 39.1 Å². The minimum atomic E-state index is -3.13. The second-order valence-electron chi connectivity index (χ2n) is 4.26. The van der Waals surface area contributed by atoms with E-state index in [4.69, 9.17) is 4.74 Å². The van der Waals surface area contributed by atoms with Crippen molar-refractivity contribution in [3.8, 4) is 0 Å². The Labute approximate surface area is 106 Å². The fraction of sp³-hybridized carbons (Fsp3) is 1.00. The maximum atomic E-state index is 12.0. The molecule has 0 amide bonds. The Balaban J connectivity index is 4.06. The van der Waals surface area contributed by atoms with Gasteiger partial charge in [-0.05, 0) is 13.0 Å². The van der Waals surface area contributed by atoms with Crippen molar-refractivity contribution in [3.05, 3.63) is 0 Å². The highest BCUT2D eigenvalue weighted by Crippen LogP contribution is 2.02. The Bertz CT molecular complexity index is 278. The van der Waals surface area contributed by atoms with Gasteiger partial charge in [0.05, 0.1) is 12.4 Å². The number of hydrogen-bond donors (Lipinski definition) is 1. The van der Waals surface area contributed by atoms with Crippen molar-refractivity contribution in [1.29, 1.82) is 0 Å². The van der Waals surface area contributed by atoms with Crippen molar-refractivity contribution in [1.82, 2.24) is 9.62 Å². The van der Waals surface area contributed by atoms with Gasteiger partial charge in [-0.3, -0.25) is 0 Å². The fourth-order valence-corrected chi connectivity index (χ4v) is 2.97. The van der Waals surface area contributed by atoms with Crippen molar-refractivity contribution in [2.45, 2.75) is 33.2 Å². The summed E-state index contributed by atoms with van der Waals surface area (Å²) < 4.78 is 30.3. The van der Waals surface area contributed by atoms with Crippen LogP contribution < -0.4 is 5.32 Å². The number of sulfonamides is 1. The lowest BCUT2D eigenvalue weighted by Gasteiger charge is -2.20. The molecule has 0 unspecified atom stereocenters. The molecule has 0 aliphatic rings. The monoisotopic (exact) mass is 266 g/mol. The molecule has 104 valence electrons. The van der Waals surface area contributed by atoms with E-state index in [1.165, 1.54) is 4.31 Å². The van der Waals surface area contributed by atoms with Gasteiger partial charge in [-0.1, -0.05) is 20.8 Å². The highest BCUT2D eigenvalue weighted by atomic mass is 32.2. The van der Waals surface area contributed by atoms with Crippen LogP contribution in [0, 0.1) is 0 Å². The Morgan fingerprint density at radius 1 is 1.35 bits per heavy atom. The van der Waals surface area contributed by atoms with Crippen molar-refractivity contribution in [2.24, 2.45) is 0 Å². The predicted octanol–water partition coefficient (Wildman–Crippen LogP) is 0.673. The van der Waals surface area contributed by atoms with Gasteiger partial charge in [0.2, 0.25) is 10.0 Å². The standard InChI is InChI=1S/C11H26N2O3S/c1-5-13(8-9-16-4)17(14,15)10-6-7-12-11(2)3/h11-12H,5-10H2,1-4H3. The molecule has 0 saturated carbocycles. The summed E-state index contributed by atoms with van der Waals surface area (Å²) >= 11 is 0. The largest absolute Gasteiger partial charge is 0.383 e. The molecule has 6 heteroatoms. The van der Waals surface area contributed by atoms with Crippen LogP contribution in [0.15, 0.2) is 0 Å². The molecule has 0 aromatic carbocycles. The quantitative estimate of drug-likeness (QED) is 0.591. The van der Waals surface area contributed by atoms with Gasteiger partial charge < -0.3 is 10.1 Å². The second kappa shape index (κ2) is 8.85. The zero-order valence-corrected chi connectivity index (χ0v) is 12.2. The third kappa shape index (κ3) is 7.70. The smallest absolute Gasteiger partial charge is 0.214 e. The summed E-state index contributed by atoms with van der Waals surface area (Å²) in [6, 6.07) is 0.397. The van der Waals surface area contributed by atoms with Crippen LogP contribution in [0.5, 0.6) is 0 Å². The third-order valence-electron chi connectivity index (χ3n) is 2.42. The van der Waals surface area contributed by atoms with Gasteiger partial charge in [0, 0.05) is 26.2 Å². The molecule has 0 fully saturated rings. The van der Waals surface area contributed by atoms with E-state index in [0.29, 0.717) is 32.2 Å². The van der Waals surface area contributed by atoms with Crippen LogP contribution in [0.3, 0.4) is 0 Å². The van der Waals surface area contributed by atoms with Crippen LogP contribution in [0.25, 0.3) is 0 Å². The average molecular weight is 266 g/mol. The Hall–Kier alpha value is -0.170. The molecule has 0 aromatic rings. The van der Waals surface area contributed by atoms with Crippen molar-refractivity contribution >= 4 is 10.0 Å². The first-order chi connectivity index (χ1) is 7.94. The molecule has 0 atom stereocenters. The van der Waals surface area contributed by atoms with E-state index in [1.807, 2.05) is 20.8 Å². The Morgan fingerprint density at radius 3 is 2.47 bits per heavy atom. The first kappa shape index (κ1) is 16.8. The molecule has 0 heterocycles. The summed E-state index contributed by atoms with van der Waals surface area (Å²) in [5, 5.41) is 3.21. The molecule has 1 N–H and O–H groups in total. The van der Waals surface area contributed by atoms with Crippen LogP contribution in [-0.4, -0.2) is 57.9 Å². The fourth-order valence-electron chi connectivity index (χ4n) is 1.46. The number of rotatable bonds is 10. The summed E-state index contributed by atoms with van der Waals surface area (Å²) in [7, 11) is -1.55. The SMILES string of the molecule is CCN(CCOC)S(=O)(=O)CCCNC(C)C. The second-order valence-corrected chi connectivity index (χ2v) is 6.35. The lowest BCUT2D eigenvalue weighted by molar-refractivity contribution is 0.180. The van der Waals surface area contributed by atoms with Crippen LogP contribution in [-0.2, 0) is 14.8 Å². The molecule has 0 aliphatic heterocycles. The van der Waals surface area contributed by atoms with Gasteiger partial charge in [0.1, 0.15) is 0 Å². The summed E-state index contributed by atoms with van der Waals surface area (Å²) in [4.78, 5) is 0. The zero-order valence-electron chi connectivity index (χ0n) is 11.4. The number of ether oxygens (including phenoxy) is 1. The molecule has 0 spiro atoms. The van der Waals surface area contributed by atoms with Gasteiger partial charge in [-0.15, -0.1) is 0 Å². The van der Waals surface area contributed by atoms with Crippen molar-refractivity contribution < 1.29 is 13.2 Å². The maximum absolute atomic E-state index is 12.0. The third-order valence-corrected chi connectivity index (χ3v) is 4.45. The summed E-state index contributed by atoms with van der Waals surface area (Å²) in [6.07, 6.45) is 0.643. The van der Waals surface area contributed by atoms with E-state index in [2.05, 4.69) is 5.32 Å². The van der Waals surface area contributed by atoms with E-state index >= 15 is 0 Å². The van der Waals surface area contributed by atoms with Crippen LogP contribution in [0.1, 0.15) is 27.2 Å². The van der Waals surface area contributed by atoms with Crippen LogP contribution in [0.2, 0.25) is 0 Å². The van der Waals surface area contributed by atoms with Crippen LogP contribution >= 0.6 is 0 Å². The molecular weight excluding hydrogens is 240 g/mol. The number of nitrogens with one attached hydrogen (secondary N) is 1. The molecule has 0 aliphatic carbocycles. The first-order valence-corrected chi connectivity index (χ1v) is 7.75. The first-order valence-electron chi connectivity index (χ1n) is 6.14. The Kier molecular flexibility index (Phi) is 8.77. The molecular formula is C11H26N2O3S. The summed E-state index contributed by atoms with van der Waals surface area (Å²) in [5.74, 6) is 0.199. The lowest BCUT2D eigenvalue weighted by Crippen LogP contribution is -2.36. The van der Waals surface area contributed by atoms with Gasteiger partial charge in [-0.2, -0.15) is 4.31 Å². The van der Waals surface area contributed by atoms with E-state index in [9.17, 15) is 8.42 Å². The zero-order chi connectivity index (χ0) is 13.3. The van der Waals surface area contributed by atoms with E-state index in [1.54, 1.807) is 7.11 Å².